The van der Waals surface area contributed by atoms with Gasteiger partial charge in [0.25, 0.3) is 0 Å². The molecule has 0 radical (unpaired) electrons. The van der Waals surface area contributed by atoms with E-state index in [4.69, 9.17) is 9.31 Å². The van der Waals surface area contributed by atoms with Crippen LogP contribution in [0.25, 0.3) is 11.1 Å². The molecule has 3 aromatic rings. The van der Waals surface area contributed by atoms with Gasteiger partial charge in [0.15, 0.2) is 0 Å². The van der Waals surface area contributed by atoms with Crippen molar-refractivity contribution >= 4 is 32.7 Å². The first kappa shape index (κ1) is 34.1. The number of hydrogen-bond donors (Lipinski definition) is 0. The van der Waals surface area contributed by atoms with Crippen molar-refractivity contribution in [1.29, 1.82) is 0 Å². The standard InChI is InChI=1S/C20H24BNO2.C8H9N.C8H11N/c1-19(2)20(3,4)24-21(23-19)18-12-15(14-22-5)11-17(13-18)16-9-7-6-8-10-16;1-9-7-8-5-3-2-4-6-8;1-3-4-5-6-7-8-9-2/h6-13H,5,14H2,1-4H3;2-6H,1,7H2;3-8H,2H2,1H3/b;;4-3+,6-5-,8-7-. The molecular formula is C36H44BN3O2. The normalized spacial score (nSPS) is 15.1. The number of rotatable bonds is 9. The van der Waals surface area contributed by atoms with Crippen molar-refractivity contribution < 1.29 is 9.31 Å². The van der Waals surface area contributed by atoms with Crippen LogP contribution >= 0.6 is 0 Å². The minimum Gasteiger partial charge on any atom is -0.399 e. The van der Waals surface area contributed by atoms with Crippen molar-refractivity contribution in [3.8, 4) is 11.1 Å². The Morgan fingerprint density at radius 1 is 0.667 bits per heavy atom. The van der Waals surface area contributed by atoms with Crippen molar-refractivity contribution in [3.63, 3.8) is 0 Å². The van der Waals surface area contributed by atoms with Gasteiger partial charge in [-0.05, 0) is 94.6 Å². The Morgan fingerprint density at radius 3 is 1.76 bits per heavy atom. The molecule has 0 aromatic heterocycles. The number of benzene rings is 3. The van der Waals surface area contributed by atoms with Gasteiger partial charge >= 0.3 is 7.12 Å². The zero-order chi connectivity index (χ0) is 30.8. The summed E-state index contributed by atoms with van der Waals surface area (Å²) in [6.07, 6.45) is 11.2. The molecule has 0 atom stereocenters. The third kappa shape index (κ3) is 11.0. The van der Waals surface area contributed by atoms with E-state index >= 15 is 0 Å². The van der Waals surface area contributed by atoms with Gasteiger partial charge in [-0.3, -0.25) is 15.0 Å². The summed E-state index contributed by atoms with van der Waals surface area (Å²) < 4.78 is 12.4. The molecule has 0 N–H and O–H groups in total. The predicted molar refractivity (Wildman–Crippen MR) is 183 cm³/mol. The van der Waals surface area contributed by atoms with Gasteiger partial charge in [0.05, 0.1) is 24.3 Å². The Morgan fingerprint density at radius 2 is 1.21 bits per heavy atom. The second-order valence-electron chi connectivity index (χ2n) is 10.6. The second-order valence-corrected chi connectivity index (χ2v) is 10.6. The van der Waals surface area contributed by atoms with Crippen LogP contribution in [0.15, 0.2) is 130 Å². The number of aliphatic imine (C=N–C) groups is 3. The molecule has 5 nitrogen and oxygen atoms in total. The molecule has 0 bridgehead atoms. The summed E-state index contributed by atoms with van der Waals surface area (Å²) in [6.45, 7) is 21.9. The van der Waals surface area contributed by atoms with E-state index in [2.05, 4.69) is 93.2 Å². The van der Waals surface area contributed by atoms with E-state index in [1.807, 2.05) is 85.8 Å². The third-order valence-corrected chi connectivity index (χ3v) is 6.80. The Labute approximate surface area is 253 Å². The van der Waals surface area contributed by atoms with Crippen LogP contribution in [0.2, 0.25) is 0 Å². The first-order valence-corrected chi connectivity index (χ1v) is 14.0. The van der Waals surface area contributed by atoms with Gasteiger partial charge in [0.1, 0.15) is 0 Å². The van der Waals surface area contributed by atoms with Gasteiger partial charge in [0.2, 0.25) is 0 Å². The SMILES string of the molecule is C=NCc1cc(B2OC(C)(C)C(C)(C)O2)cc(-c2ccccc2)c1.C=NCc1ccccc1.C=N\C=C/C=C\C=C\C. The van der Waals surface area contributed by atoms with Gasteiger partial charge in [-0.15, -0.1) is 0 Å². The van der Waals surface area contributed by atoms with Gasteiger partial charge < -0.3 is 9.31 Å². The summed E-state index contributed by atoms with van der Waals surface area (Å²) in [4.78, 5) is 11.3. The van der Waals surface area contributed by atoms with Crippen LogP contribution in [0.1, 0.15) is 45.7 Å². The number of hydrogen-bond acceptors (Lipinski definition) is 5. The highest BCUT2D eigenvalue weighted by Crippen LogP contribution is 2.36. The fourth-order valence-corrected chi connectivity index (χ4v) is 3.91. The molecule has 1 aliphatic rings. The highest BCUT2D eigenvalue weighted by Gasteiger charge is 2.51. The summed E-state index contributed by atoms with van der Waals surface area (Å²) >= 11 is 0. The summed E-state index contributed by atoms with van der Waals surface area (Å²) in [5, 5.41) is 0. The lowest BCUT2D eigenvalue weighted by Crippen LogP contribution is -2.41. The largest absolute Gasteiger partial charge is 0.494 e. The van der Waals surface area contributed by atoms with Crippen LogP contribution in [-0.2, 0) is 22.4 Å². The Bertz CT molecular complexity index is 1330. The van der Waals surface area contributed by atoms with Crippen molar-refractivity contribution in [1.82, 2.24) is 0 Å². The van der Waals surface area contributed by atoms with E-state index in [1.165, 1.54) is 11.1 Å². The first-order valence-electron chi connectivity index (χ1n) is 14.0. The molecule has 218 valence electrons. The average molecular weight is 562 g/mol. The summed E-state index contributed by atoms with van der Waals surface area (Å²) in [6, 6.07) is 26.8. The summed E-state index contributed by atoms with van der Waals surface area (Å²) in [5.41, 5.74) is 4.95. The van der Waals surface area contributed by atoms with E-state index in [-0.39, 0.29) is 18.3 Å². The smallest absolute Gasteiger partial charge is 0.399 e. The minimum atomic E-state index is -0.373. The summed E-state index contributed by atoms with van der Waals surface area (Å²) in [5.74, 6) is 0. The number of nitrogens with zero attached hydrogens (tertiary/aromatic N) is 3. The molecule has 1 saturated heterocycles. The molecule has 0 aliphatic carbocycles. The monoisotopic (exact) mass is 561 g/mol. The van der Waals surface area contributed by atoms with Crippen molar-refractivity contribution in [2.24, 2.45) is 15.0 Å². The maximum Gasteiger partial charge on any atom is 0.494 e. The number of allylic oxidation sites excluding steroid dienone is 5. The van der Waals surface area contributed by atoms with E-state index in [0.29, 0.717) is 6.54 Å². The van der Waals surface area contributed by atoms with E-state index in [1.54, 1.807) is 6.20 Å². The van der Waals surface area contributed by atoms with Crippen LogP contribution in [0.5, 0.6) is 0 Å². The fourth-order valence-electron chi connectivity index (χ4n) is 3.91. The quantitative estimate of drug-likeness (QED) is 0.151. The topological polar surface area (TPSA) is 55.5 Å². The molecule has 0 saturated carbocycles. The maximum atomic E-state index is 6.21. The molecule has 42 heavy (non-hydrogen) atoms. The molecule has 3 aromatic carbocycles. The highest BCUT2D eigenvalue weighted by molar-refractivity contribution is 6.62. The Balaban J connectivity index is 0.000000281. The van der Waals surface area contributed by atoms with Crippen molar-refractivity contribution in [3.05, 3.63) is 127 Å². The Kier molecular flexibility index (Phi) is 14.3. The van der Waals surface area contributed by atoms with Crippen LogP contribution in [0.4, 0.5) is 0 Å². The molecule has 0 unspecified atom stereocenters. The lowest BCUT2D eigenvalue weighted by Gasteiger charge is -2.32. The molecular weight excluding hydrogens is 517 g/mol. The molecule has 1 aliphatic heterocycles. The van der Waals surface area contributed by atoms with E-state index < -0.39 is 0 Å². The second kappa shape index (κ2) is 17.6. The first-order chi connectivity index (χ1) is 20.2. The van der Waals surface area contributed by atoms with Gasteiger partial charge in [-0.2, -0.15) is 0 Å². The maximum absolute atomic E-state index is 6.21. The molecule has 0 amide bonds. The van der Waals surface area contributed by atoms with Gasteiger partial charge in [0, 0.05) is 6.20 Å². The average Bonchev–Trinajstić information content (AvgIpc) is 3.21. The third-order valence-electron chi connectivity index (χ3n) is 6.80. The van der Waals surface area contributed by atoms with Crippen LogP contribution < -0.4 is 5.46 Å². The summed E-state index contributed by atoms with van der Waals surface area (Å²) in [7, 11) is -0.373. The predicted octanol–water partition coefficient (Wildman–Crippen LogP) is 8.07. The molecule has 1 fully saturated rings. The lowest BCUT2D eigenvalue weighted by molar-refractivity contribution is 0.00578. The molecule has 6 heteroatoms. The van der Waals surface area contributed by atoms with Crippen molar-refractivity contribution in [2.45, 2.75) is 58.9 Å². The van der Waals surface area contributed by atoms with Gasteiger partial charge in [-0.25, -0.2) is 0 Å². The highest BCUT2D eigenvalue weighted by atomic mass is 16.7. The molecule has 4 rings (SSSR count). The Hall–Kier alpha value is -4.13. The molecule has 1 heterocycles. The van der Waals surface area contributed by atoms with Crippen molar-refractivity contribution in [2.75, 3.05) is 0 Å². The van der Waals surface area contributed by atoms with Crippen LogP contribution in [-0.4, -0.2) is 38.5 Å². The molecule has 0 spiro atoms. The van der Waals surface area contributed by atoms with Gasteiger partial charge in [-0.1, -0.05) is 97.1 Å². The lowest BCUT2D eigenvalue weighted by atomic mass is 9.77. The van der Waals surface area contributed by atoms with E-state index in [0.717, 1.165) is 23.1 Å². The minimum absolute atomic E-state index is 0.350. The zero-order valence-corrected chi connectivity index (χ0v) is 25.7. The van der Waals surface area contributed by atoms with Crippen LogP contribution in [0.3, 0.4) is 0 Å². The van der Waals surface area contributed by atoms with Crippen LogP contribution in [0, 0.1) is 0 Å². The zero-order valence-electron chi connectivity index (χ0n) is 25.7. The van der Waals surface area contributed by atoms with E-state index in [9.17, 15) is 0 Å². The fraction of sp³-hybridized carbons (Fsp3) is 0.250.